The SMILES string of the molecule is O=C(Cc1ccc(F)c(Br)c1)c1ccnc2c1CC(CCO)=N2. The number of ketones is 1. The van der Waals surface area contributed by atoms with Gasteiger partial charge < -0.3 is 5.11 Å². The van der Waals surface area contributed by atoms with Crippen LogP contribution in [0, 0.1) is 5.82 Å². The molecule has 6 heteroatoms. The number of hydrogen-bond donors (Lipinski definition) is 1. The summed E-state index contributed by atoms with van der Waals surface area (Å²) < 4.78 is 13.6. The molecule has 1 aromatic carbocycles. The van der Waals surface area contributed by atoms with E-state index in [1.54, 1.807) is 24.4 Å². The second kappa shape index (κ2) is 6.68. The highest BCUT2D eigenvalue weighted by Crippen LogP contribution is 2.29. The second-order valence-electron chi connectivity index (χ2n) is 5.34. The molecule has 0 saturated carbocycles. The summed E-state index contributed by atoms with van der Waals surface area (Å²) in [5.74, 6) is 0.148. The van der Waals surface area contributed by atoms with Gasteiger partial charge in [-0.05, 0) is 39.7 Å². The molecule has 0 saturated heterocycles. The van der Waals surface area contributed by atoms with E-state index >= 15 is 0 Å². The Bertz CT molecular complexity index is 805. The lowest BCUT2D eigenvalue weighted by Crippen LogP contribution is -2.09. The first kappa shape index (κ1) is 16.0. The normalized spacial score (nSPS) is 12.9. The highest BCUT2D eigenvalue weighted by atomic mass is 79.9. The molecule has 1 aliphatic rings. The van der Waals surface area contributed by atoms with Gasteiger partial charge in [0.25, 0.3) is 0 Å². The number of benzene rings is 1. The fourth-order valence-electron chi connectivity index (χ4n) is 2.61. The van der Waals surface area contributed by atoms with E-state index in [2.05, 4.69) is 25.9 Å². The molecule has 0 unspecified atom stereocenters. The minimum Gasteiger partial charge on any atom is -0.396 e. The Morgan fingerprint density at radius 2 is 2.17 bits per heavy atom. The van der Waals surface area contributed by atoms with E-state index in [0.717, 1.165) is 16.8 Å². The number of aliphatic imine (C=N–C) groups is 1. The van der Waals surface area contributed by atoms with Gasteiger partial charge in [-0.2, -0.15) is 0 Å². The van der Waals surface area contributed by atoms with Gasteiger partial charge in [-0.1, -0.05) is 6.07 Å². The molecular weight excluding hydrogens is 363 g/mol. The zero-order chi connectivity index (χ0) is 16.4. The summed E-state index contributed by atoms with van der Waals surface area (Å²) in [4.78, 5) is 21.1. The number of rotatable bonds is 5. The number of nitrogens with zero attached hydrogens (tertiary/aromatic N) is 2. The van der Waals surface area contributed by atoms with Gasteiger partial charge >= 0.3 is 0 Å². The van der Waals surface area contributed by atoms with E-state index in [0.29, 0.717) is 28.7 Å². The van der Waals surface area contributed by atoms with Gasteiger partial charge in [0.2, 0.25) is 0 Å². The molecule has 23 heavy (non-hydrogen) atoms. The summed E-state index contributed by atoms with van der Waals surface area (Å²) in [5, 5.41) is 9.02. The smallest absolute Gasteiger partial charge is 0.167 e. The Balaban J connectivity index is 1.83. The Hall–Kier alpha value is -1.92. The molecule has 0 bridgehead atoms. The Morgan fingerprint density at radius 3 is 2.91 bits per heavy atom. The molecular formula is C17H14BrFN2O2. The van der Waals surface area contributed by atoms with E-state index in [9.17, 15) is 9.18 Å². The van der Waals surface area contributed by atoms with Gasteiger partial charge in [0.1, 0.15) is 5.82 Å². The molecule has 0 radical (unpaired) electrons. The van der Waals surface area contributed by atoms with Gasteiger partial charge in [-0.25, -0.2) is 14.4 Å². The predicted molar refractivity (Wildman–Crippen MR) is 88.9 cm³/mol. The van der Waals surface area contributed by atoms with Crippen molar-refractivity contribution in [3.63, 3.8) is 0 Å². The third-order valence-corrected chi connectivity index (χ3v) is 4.34. The van der Waals surface area contributed by atoms with Gasteiger partial charge in [0, 0.05) is 48.9 Å². The number of Topliss-reactive ketones (excluding diaryl/α,β-unsaturated/α-hetero) is 1. The maximum atomic E-state index is 13.3. The number of carbonyl (C=O) groups excluding carboxylic acids is 1. The topological polar surface area (TPSA) is 62.5 Å². The van der Waals surface area contributed by atoms with Crippen LogP contribution in [0.15, 0.2) is 39.9 Å². The highest BCUT2D eigenvalue weighted by molar-refractivity contribution is 9.10. The van der Waals surface area contributed by atoms with E-state index in [4.69, 9.17) is 5.11 Å². The number of fused-ring (bicyclic) bond motifs is 1. The summed E-state index contributed by atoms with van der Waals surface area (Å²) >= 11 is 3.13. The highest BCUT2D eigenvalue weighted by Gasteiger charge is 2.22. The fourth-order valence-corrected chi connectivity index (χ4v) is 3.04. The predicted octanol–water partition coefficient (Wildman–Crippen LogP) is 3.42. The lowest BCUT2D eigenvalue weighted by atomic mass is 9.97. The minimum absolute atomic E-state index is 0.0275. The quantitative estimate of drug-likeness (QED) is 0.813. The van der Waals surface area contributed by atoms with Crippen molar-refractivity contribution < 1.29 is 14.3 Å². The summed E-state index contributed by atoms with van der Waals surface area (Å²) in [6.07, 6.45) is 2.77. The third kappa shape index (κ3) is 3.38. The number of halogens is 2. The molecule has 3 rings (SSSR count). The maximum absolute atomic E-state index is 13.3. The van der Waals surface area contributed by atoms with Crippen LogP contribution in [0.3, 0.4) is 0 Å². The largest absolute Gasteiger partial charge is 0.396 e. The first-order chi connectivity index (χ1) is 11.1. The van der Waals surface area contributed by atoms with Gasteiger partial charge in [-0.15, -0.1) is 0 Å². The molecule has 0 amide bonds. The lowest BCUT2D eigenvalue weighted by Gasteiger charge is -2.07. The number of aliphatic hydroxyl groups excluding tert-OH is 1. The summed E-state index contributed by atoms with van der Waals surface area (Å²) in [6, 6.07) is 6.25. The van der Waals surface area contributed by atoms with Crippen LogP contribution in [0.25, 0.3) is 0 Å². The number of pyridine rings is 1. The van der Waals surface area contributed by atoms with Crippen LogP contribution >= 0.6 is 15.9 Å². The van der Waals surface area contributed by atoms with Crippen molar-refractivity contribution in [3.05, 3.63) is 57.4 Å². The summed E-state index contributed by atoms with van der Waals surface area (Å²) in [6.45, 7) is 0.0275. The van der Waals surface area contributed by atoms with E-state index < -0.39 is 0 Å². The van der Waals surface area contributed by atoms with Crippen LogP contribution in [0.2, 0.25) is 0 Å². The molecule has 1 aliphatic heterocycles. The molecule has 0 aliphatic carbocycles. The molecule has 2 aromatic rings. The number of aliphatic hydroxyl groups is 1. The zero-order valence-corrected chi connectivity index (χ0v) is 13.8. The van der Waals surface area contributed by atoms with E-state index in [1.807, 2.05) is 0 Å². The van der Waals surface area contributed by atoms with Gasteiger partial charge in [0.15, 0.2) is 11.6 Å². The zero-order valence-electron chi connectivity index (χ0n) is 12.2. The van der Waals surface area contributed by atoms with Crippen molar-refractivity contribution in [1.82, 2.24) is 4.98 Å². The number of hydrogen-bond acceptors (Lipinski definition) is 4. The van der Waals surface area contributed by atoms with Crippen LogP contribution < -0.4 is 0 Å². The van der Waals surface area contributed by atoms with Crippen molar-refractivity contribution in [2.45, 2.75) is 19.3 Å². The van der Waals surface area contributed by atoms with Crippen molar-refractivity contribution in [2.24, 2.45) is 4.99 Å². The molecule has 2 heterocycles. The molecule has 0 fully saturated rings. The molecule has 0 atom stereocenters. The standard InChI is InChI=1S/C17H14BrFN2O2/c18-14-7-10(1-2-15(14)19)8-16(23)12-3-5-20-17-13(12)9-11(21-17)4-6-22/h1-3,5,7,22H,4,6,8-9H2. The summed E-state index contributed by atoms with van der Waals surface area (Å²) in [5.41, 5.74) is 2.97. The van der Waals surface area contributed by atoms with Crippen LogP contribution in [0.5, 0.6) is 0 Å². The second-order valence-corrected chi connectivity index (χ2v) is 6.19. The molecule has 0 spiro atoms. The fraction of sp³-hybridized carbons (Fsp3) is 0.235. The summed E-state index contributed by atoms with van der Waals surface area (Å²) in [7, 11) is 0. The van der Waals surface area contributed by atoms with Crippen LogP contribution in [0.1, 0.15) is 27.9 Å². The van der Waals surface area contributed by atoms with Gasteiger partial charge in [0.05, 0.1) is 4.47 Å². The van der Waals surface area contributed by atoms with Crippen LogP contribution in [-0.4, -0.2) is 28.2 Å². The molecule has 1 N–H and O–H groups in total. The van der Waals surface area contributed by atoms with Crippen LogP contribution in [-0.2, 0) is 12.8 Å². The molecule has 1 aromatic heterocycles. The monoisotopic (exact) mass is 376 g/mol. The lowest BCUT2D eigenvalue weighted by molar-refractivity contribution is 0.0992. The Morgan fingerprint density at radius 1 is 1.35 bits per heavy atom. The number of aromatic nitrogens is 1. The first-order valence-corrected chi connectivity index (χ1v) is 8.00. The first-order valence-electron chi connectivity index (χ1n) is 7.21. The number of carbonyl (C=O) groups is 1. The average Bonchev–Trinajstić information content (AvgIpc) is 2.93. The van der Waals surface area contributed by atoms with E-state index in [-0.39, 0.29) is 24.6 Å². The Kier molecular flexibility index (Phi) is 4.63. The average molecular weight is 377 g/mol. The van der Waals surface area contributed by atoms with Crippen molar-refractivity contribution in [2.75, 3.05) is 6.61 Å². The van der Waals surface area contributed by atoms with Gasteiger partial charge in [-0.3, -0.25) is 4.79 Å². The minimum atomic E-state index is -0.354. The third-order valence-electron chi connectivity index (χ3n) is 3.73. The van der Waals surface area contributed by atoms with Crippen molar-refractivity contribution >= 4 is 33.2 Å². The molecule has 4 nitrogen and oxygen atoms in total. The van der Waals surface area contributed by atoms with Crippen LogP contribution in [0.4, 0.5) is 10.2 Å². The maximum Gasteiger partial charge on any atom is 0.167 e. The van der Waals surface area contributed by atoms with Crippen molar-refractivity contribution in [1.29, 1.82) is 0 Å². The molecule has 118 valence electrons. The van der Waals surface area contributed by atoms with Crippen molar-refractivity contribution in [3.8, 4) is 0 Å². The van der Waals surface area contributed by atoms with E-state index in [1.165, 1.54) is 6.07 Å². The Labute approximate surface area is 141 Å².